The minimum Gasteiger partial charge on any atom is -0.411 e. The van der Waals surface area contributed by atoms with Crippen LogP contribution in [0.2, 0.25) is 0 Å². The van der Waals surface area contributed by atoms with Crippen molar-refractivity contribution < 1.29 is 8.94 Å². The highest BCUT2D eigenvalue weighted by Gasteiger charge is 2.12. The molecule has 0 atom stereocenters. The molecule has 6 heteroatoms. The zero-order chi connectivity index (χ0) is 8.55. The molecule has 0 aliphatic rings. The highest BCUT2D eigenvalue weighted by Crippen LogP contribution is 2.22. The number of hydrogen-bond acceptors (Lipinski definition) is 5. The molecular weight excluding hydrogens is 226 g/mol. The summed E-state index contributed by atoms with van der Waals surface area (Å²) in [6.45, 7) is 1.78. The average molecular weight is 230 g/mol. The monoisotopic (exact) mass is 229 g/mol. The molecule has 0 saturated carbocycles. The Morgan fingerprint density at radius 2 is 2.25 bits per heavy atom. The lowest BCUT2D eigenvalue weighted by atomic mass is 10.3. The Morgan fingerprint density at radius 1 is 1.42 bits per heavy atom. The number of halogens is 1. The zero-order valence-electron chi connectivity index (χ0n) is 6.11. The maximum absolute atomic E-state index is 5.10. The minimum atomic E-state index is 0.345. The molecule has 12 heavy (non-hydrogen) atoms. The van der Waals surface area contributed by atoms with E-state index < -0.39 is 0 Å². The van der Waals surface area contributed by atoms with Gasteiger partial charge in [-0.1, -0.05) is 5.16 Å². The fraction of sp³-hybridized carbons (Fsp3) is 0.167. The van der Waals surface area contributed by atoms with E-state index in [2.05, 4.69) is 31.3 Å². The van der Waals surface area contributed by atoms with Crippen LogP contribution in [-0.4, -0.2) is 15.4 Å². The quantitative estimate of drug-likeness (QED) is 0.747. The Balaban J connectivity index is 2.50. The van der Waals surface area contributed by atoms with E-state index in [0.29, 0.717) is 22.0 Å². The van der Waals surface area contributed by atoms with Gasteiger partial charge in [0.1, 0.15) is 11.3 Å². The lowest BCUT2D eigenvalue weighted by molar-refractivity contribution is 0.397. The first-order valence-corrected chi connectivity index (χ1v) is 3.97. The van der Waals surface area contributed by atoms with Gasteiger partial charge in [0.05, 0.1) is 6.20 Å². The topological polar surface area (TPSA) is 65.0 Å². The fourth-order valence-electron chi connectivity index (χ4n) is 0.818. The first-order valence-electron chi connectivity index (χ1n) is 3.18. The fourth-order valence-corrected chi connectivity index (χ4v) is 1.05. The van der Waals surface area contributed by atoms with E-state index in [-0.39, 0.29) is 0 Å². The Kier molecular flexibility index (Phi) is 1.69. The van der Waals surface area contributed by atoms with E-state index in [4.69, 9.17) is 8.94 Å². The van der Waals surface area contributed by atoms with Crippen LogP contribution in [0.4, 0.5) is 0 Å². The third-order valence-corrected chi connectivity index (χ3v) is 1.70. The van der Waals surface area contributed by atoms with Crippen molar-refractivity contribution in [2.45, 2.75) is 6.92 Å². The normalized spacial score (nSPS) is 10.5. The second kappa shape index (κ2) is 2.71. The highest BCUT2D eigenvalue weighted by molar-refractivity contribution is 9.10. The van der Waals surface area contributed by atoms with Crippen molar-refractivity contribution in [2.24, 2.45) is 0 Å². The van der Waals surface area contributed by atoms with Crippen molar-refractivity contribution in [3.8, 4) is 11.5 Å². The minimum absolute atomic E-state index is 0.345. The number of aromatic nitrogens is 3. The van der Waals surface area contributed by atoms with E-state index in [0.717, 1.165) is 0 Å². The van der Waals surface area contributed by atoms with Gasteiger partial charge in [0.15, 0.2) is 0 Å². The van der Waals surface area contributed by atoms with Gasteiger partial charge in [-0.05, 0) is 6.92 Å². The van der Waals surface area contributed by atoms with E-state index in [9.17, 15) is 0 Å². The molecule has 0 radical (unpaired) electrons. The van der Waals surface area contributed by atoms with Gasteiger partial charge in [0.25, 0.3) is 10.7 Å². The van der Waals surface area contributed by atoms with Crippen LogP contribution >= 0.6 is 15.9 Å². The van der Waals surface area contributed by atoms with Gasteiger partial charge in [-0.25, -0.2) is 0 Å². The molecule has 0 saturated heterocycles. The smallest absolute Gasteiger partial charge is 0.285 e. The van der Waals surface area contributed by atoms with Crippen molar-refractivity contribution in [3.63, 3.8) is 0 Å². The molecule has 0 unspecified atom stereocenters. The molecule has 0 aromatic carbocycles. The van der Waals surface area contributed by atoms with Crippen LogP contribution in [0.5, 0.6) is 0 Å². The van der Waals surface area contributed by atoms with Gasteiger partial charge in [-0.2, -0.15) is 0 Å². The van der Waals surface area contributed by atoms with E-state index in [1.807, 2.05) is 0 Å². The van der Waals surface area contributed by atoms with Gasteiger partial charge < -0.3 is 8.94 Å². The molecule has 2 rings (SSSR count). The Labute approximate surface area is 75.9 Å². The van der Waals surface area contributed by atoms with Crippen LogP contribution in [0.1, 0.15) is 5.76 Å². The van der Waals surface area contributed by atoms with Gasteiger partial charge in [0, 0.05) is 15.9 Å². The Morgan fingerprint density at radius 3 is 2.75 bits per heavy atom. The summed E-state index contributed by atoms with van der Waals surface area (Å²) in [5.41, 5.74) is 0.716. The predicted octanol–water partition coefficient (Wildman–Crippen LogP) is 1.80. The molecule has 0 spiro atoms. The molecule has 2 heterocycles. The van der Waals surface area contributed by atoms with Crippen LogP contribution in [-0.2, 0) is 0 Å². The molecule has 0 bridgehead atoms. The standard InChI is InChI=1S/C6H4BrN3O2/c1-3-4(2-8-12-3)5-9-10-6(7)11-5/h2H,1H3. The summed E-state index contributed by atoms with van der Waals surface area (Å²) < 4.78 is 9.94. The number of rotatable bonds is 1. The van der Waals surface area contributed by atoms with Crippen molar-refractivity contribution in [3.05, 3.63) is 16.8 Å². The Bertz CT molecular complexity index is 395. The van der Waals surface area contributed by atoms with Crippen LogP contribution in [0.3, 0.4) is 0 Å². The van der Waals surface area contributed by atoms with Crippen molar-refractivity contribution in [1.29, 1.82) is 0 Å². The van der Waals surface area contributed by atoms with Gasteiger partial charge in [-0.3, -0.25) is 0 Å². The van der Waals surface area contributed by atoms with Crippen LogP contribution in [0.15, 0.2) is 19.9 Å². The summed E-state index contributed by atoms with van der Waals surface area (Å²) in [5, 5.41) is 11.0. The zero-order valence-corrected chi connectivity index (χ0v) is 7.70. The van der Waals surface area contributed by atoms with Crippen LogP contribution in [0, 0.1) is 6.92 Å². The first-order chi connectivity index (χ1) is 5.77. The second-order valence-corrected chi connectivity index (χ2v) is 2.83. The van der Waals surface area contributed by atoms with E-state index in [1.165, 1.54) is 6.20 Å². The van der Waals surface area contributed by atoms with E-state index >= 15 is 0 Å². The molecule has 2 aromatic rings. The molecule has 0 aliphatic carbocycles. The van der Waals surface area contributed by atoms with Gasteiger partial charge >= 0.3 is 0 Å². The van der Waals surface area contributed by atoms with Crippen molar-refractivity contribution in [2.75, 3.05) is 0 Å². The second-order valence-electron chi connectivity index (χ2n) is 2.16. The van der Waals surface area contributed by atoms with Gasteiger partial charge in [-0.15, -0.1) is 10.2 Å². The molecule has 5 nitrogen and oxygen atoms in total. The predicted molar refractivity (Wildman–Crippen MR) is 42.2 cm³/mol. The molecule has 0 N–H and O–H groups in total. The van der Waals surface area contributed by atoms with Crippen LogP contribution in [0.25, 0.3) is 11.5 Å². The average Bonchev–Trinajstić information content (AvgIpc) is 2.58. The SMILES string of the molecule is Cc1oncc1-c1nnc(Br)o1. The highest BCUT2D eigenvalue weighted by atomic mass is 79.9. The summed E-state index contributed by atoms with van der Waals surface area (Å²) in [6.07, 6.45) is 1.54. The third-order valence-electron chi connectivity index (χ3n) is 1.38. The first kappa shape index (κ1) is 7.48. The lowest BCUT2D eigenvalue weighted by Crippen LogP contribution is -1.76. The van der Waals surface area contributed by atoms with Gasteiger partial charge in [0.2, 0.25) is 0 Å². The largest absolute Gasteiger partial charge is 0.411 e. The van der Waals surface area contributed by atoms with Crippen molar-refractivity contribution >= 4 is 15.9 Å². The molecule has 0 amide bonds. The molecule has 0 fully saturated rings. The van der Waals surface area contributed by atoms with Crippen molar-refractivity contribution in [1.82, 2.24) is 15.4 Å². The molecule has 0 aliphatic heterocycles. The Hall–Kier alpha value is -1.17. The maximum Gasteiger partial charge on any atom is 0.285 e. The number of hydrogen-bond donors (Lipinski definition) is 0. The third kappa shape index (κ3) is 1.14. The summed E-state index contributed by atoms with van der Waals surface area (Å²) in [6, 6.07) is 0. The summed E-state index contributed by atoms with van der Waals surface area (Å²) in [4.78, 5) is 0.345. The molecule has 2 aromatic heterocycles. The molecular formula is C6H4BrN3O2. The summed E-state index contributed by atoms with van der Waals surface area (Å²) in [7, 11) is 0. The maximum atomic E-state index is 5.10. The summed E-state index contributed by atoms with van der Waals surface area (Å²) in [5.74, 6) is 1.06. The number of aryl methyl sites for hydroxylation is 1. The lowest BCUT2D eigenvalue weighted by Gasteiger charge is -1.85. The van der Waals surface area contributed by atoms with E-state index in [1.54, 1.807) is 6.92 Å². The van der Waals surface area contributed by atoms with Crippen LogP contribution < -0.4 is 0 Å². The summed E-state index contributed by atoms with van der Waals surface area (Å²) >= 11 is 3.05. The molecule has 62 valence electrons. The number of nitrogens with zero attached hydrogens (tertiary/aromatic N) is 3.